The summed E-state index contributed by atoms with van der Waals surface area (Å²) >= 11 is 0. The third kappa shape index (κ3) is 6.78. The lowest BCUT2D eigenvalue weighted by Gasteiger charge is -2.41. The van der Waals surface area contributed by atoms with Crippen LogP contribution in [0.3, 0.4) is 0 Å². The minimum absolute atomic E-state index is 0. The van der Waals surface area contributed by atoms with Crippen LogP contribution in [-0.2, 0) is 18.9 Å². The Morgan fingerprint density at radius 2 is 1.63 bits per heavy atom. The van der Waals surface area contributed by atoms with Crippen LogP contribution < -0.4 is 5.73 Å². The second kappa shape index (κ2) is 10.6. The highest BCUT2D eigenvalue weighted by atomic mass is 35.5. The number of halogens is 8. The Labute approximate surface area is 204 Å². The van der Waals surface area contributed by atoms with Crippen LogP contribution in [0.5, 0.6) is 0 Å². The van der Waals surface area contributed by atoms with Gasteiger partial charge in [0.2, 0.25) is 0 Å². The summed E-state index contributed by atoms with van der Waals surface area (Å²) in [4.78, 5) is 15.8. The molecule has 0 bridgehead atoms. The summed E-state index contributed by atoms with van der Waals surface area (Å²) in [5, 5.41) is 0. The van der Waals surface area contributed by atoms with Crippen molar-refractivity contribution in [3.05, 3.63) is 70.0 Å². The van der Waals surface area contributed by atoms with Gasteiger partial charge in [-0.2, -0.15) is 26.3 Å². The molecule has 2 amide bonds. The van der Waals surface area contributed by atoms with Crippen LogP contribution >= 0.6 is 12.4 Å². The van der Waals surface area contributed by atoms with Gasteiger partial charge in [0.1, 0.15) is 5.82 Å². The number of nitrogens with zero attached hydrogens (tertiary/aromatic N) is 2. The van der Waals surface area contributed by atoms with Gasteiger partial charge in [0.05, 0.1) is 17.2 Å². The third-order valence-corrected chi connectivity index (χ3v) is 5.87. The van der Waals surface area contributed by atoms with Crippen LogP contribution in [-0.4, -0.2) is 35.5 Å². The van der Waals surface area contributed by atoms with Crippen molar-refractivity contribution in [1.82, 2.24) is 9.80 Å². The molecule has 0 radical (unpaired) electrons. The molecule has 2 atom stereocenters. The number of urea groups is 1. The number of aryl methyl sites for hydroxylation is 1. The lowest BCUT2D eigenvalue weighted by molar-refractivity contribution is -0.143. The zero-order chi connectivity index (χ0) is 25.4. The predicted molar refractivity (Wildman–Crippen MR) is 118 cm³/mol. The molecule has 2 N–H and O–H groups in total. The number of carbonyl (C=O) groups excluding carboxylic acids is 1. The van der Waals surface area contributed by atoms with Crippen LogP contribution in [0.1, 0.15) is 46.7 Å². The average molecular weight is 528 g/mol. The maximum Gasteiger partial charge on any atom is 0.416 e. The molecule has 1 heterocycles. The number of carbonyl (C=O) groups is 1. The van der Waals surface area contributed by atoms with Gasteiger partial charge < -0.3 is 15.5 Å². The first-order valence-corrected chi connectivity index (χ1v) is 10.5. The van der Waals surface area contributed by atoms with E-state index in [2.05, 4.69) is 0 Å². The summed E-state index contributed by atoms with van der Waals surface area (Å²) in [5.41, 5.74) is 4.17. The van der Waals surface area contributed by atoms with Crippen LogP contribution in [0.15, 0.2) is 36.4 Å². The van der Waals surface area contributed by atoms with E-state index in [1.54, 1.807) is 13.0 Å². The quantitative estimate of drug-likeness (QED) is 0.476. The van der Waals surface area contributed by atoms with Gasteiger partial charge in [-0.3, -0.25) is 0 Å². The van der Waals surface area contributed by atoms with E-state index in [1.807, 2.05) is 0 Å². The maximum atomic E-state index is 13.6. The van der Waals surface area contributed by atoms with Crippen molar-refractivity contribution in [1.29, 1.82) is 0 Å². The molecule has 0 saturated carbocycles. The number of piperidine rings is 1. The summed E-state index contributed by atoms with van der Waals surface area (Å²) in [6.07, 6.45) is -9.11. The molecule has 1 fully saturated rings. The van der Waals surface area contributed by atoms with Crippen molar-refractivity contribution < 1.29 is 35.5 Å². The van der Waals surface area contributed by atoms with Gasteiger partial charge in [-0.1, -0.05) is 6.07 Å². The molecule has 0 spiro atoms. The van der Waals surface area contributed by atoms with E-state index in [0.29, 0.717) is 36.1 Å². The molecule has 3 rings (SSSR count). The molecule has 12 heteroatoms. The molecule has 2 aromatic rings. The second-order valence-corrected chi connectivity index (χ2v) is 8.55. The topological polar surface area (TPSA) is 49.6 Å². The van der Waals surface area contributed by atoms with E-state index < -0.39 is 47.9 Å². The number of rotatable bonds is 3. The van der Waals surface area contributed by atoms with Crippen molar-refractivity contribution in [2.45, 2.75) is 50.7 Å². The normalized spacial score (nSPS) is 18.7. The van der Waals surface area contributed by atoms with E-state index >= 15 is 0 Å². The highest BCUT2D eigenvalue weighted by Crippen LogP contribution is 2.37. The van der Waals surface area contributed by atoms with E-state index in [-0.39, 0.29) is 36.6 Å². The summed E-state index contributed by atoms with van der Waals surface area (Å²) < 4.78 is 92.6. The van der Waals surface area contributed by atoms with Gasteiger partial charge >= 0.3 is 18.4 Å². The number of likely N-dealkylation sites (tertiary alicyclic amines) is 1. The Morgan fingerprint density at radius 3 is 2.14 bits per heavy atom. The molecule has 194 valence electrons. The van der Waals surface area contributed by atoms with Gasteiger partial charge in [0, 0.05) is 26.2 Å². The molecule has 1 aliphatic rings. The van der Waals surface area contributed by atoms with Crippen molar-refractivity contribution in [3.8, 4) is 0 Å². The van der Waals surface area contributed by atoms with Gasteiger partial charge in [-0.15, -0.1) is 12.4 Å². The third-order valence-electron chi connectivity index (χ3n) is 5.87. The first-order valence-electron chi connectivity index (χ1n) is 10.5. The number of amides is 2. The molecule has 1 unspecified atom stereocenters. The number of benzene rings is 2. The Balaban J connectivity index is 0.00000432. The lowest BCUT2D eigenvalue weighted by atomic mass is 9.90. The fraction of sp³-hybridized carbons (Fsp3) is 0.435. The highest BCUT2D eigenvalue weighted by molar-refractivity contribution is 5.85. The molecule has 0 aliphatic carbocycles. The van der Waals surface area contributed by atoms with E-state index in [1.165, 1.54) is 24.1 Å². The van der Waals surface area contributed by atoms with Crippen molar-refractivity contribution >= 4 is 18.4 Å². The summed E-state index contributed by atoms with van der Waals surface area (Å²) in [6.45, 7) is 1.46. The molecule has 1 aliphatic heterocycles. The fourth-order valence-electron chi connectivity index (χ4n) is 4.20. The lowest BCUT2D eigenvalue weighted by Crippen LogP contribution is -2.49. The minimum atomic E-state index is -4.98. The van der Waals surface area contributed by atoms with Crippen molar-refractivity contribution in [2.75, 3.05) is 13.6 Å². The van der Waals surface area contributed by atoms with Gasteiger partial charge in [-0.25, -0.2) is 9.18 Å². The summed E-state index contributed by atoms with van der Waals surface area (Å²) in [5.74, 6) is -0.443. The number of alkyl halides is 6. The molecular weight excluding hydrogens is 503 g/mol. The molecule has 4 nitrogen and oxygen atoms in total. The van der Waals surface area contributed by atoms with Gasteiger partial charge in [0.25, 0.3) is 0 Å². The molecule has 35 heavy (non-hydrogen) atoms. The average Bonchev–Trinajstić information content (AvgIpc) is 2.71. The molecular formula is C23H25ClF7N3O. The predicted octanol–water partition coefficient (Wildman–Crippen LogP) is 6.31. The summed E-state index contributed by atoms with van der Waals surface area (Å²) in [6, 6.07) is 4.08. The summed E-state index contributed by atoms with van der Waals surface area (Å²) in [7, 11) is 1.30. The first-order chi connectivity index (χ1) is 15.7. The molecule has 0 aromatic heterocycles. The van der Waals surface area contributed by atoms with Crippen LogP contribution in [0.4, 0.5) is 35.5 Å². The first kappa shape index (κ1) is 28.7. The zero-order valence-electron chi connectivity index (χ0n) is 18.9. The van der Waals surface area contributed by atoms with E-state index in [9.17, 15) is 35.5 Å². The SMILES string of the molecule is Cc1cc(F)ccc1[C@H]1CC(N)CCN1C(=O)N(C)Cc1cc(C(F)(F)F)cc(C(F)(F)F)c1.Cl. The maximum absolute atomic E-state index is 13.6. The van der Waals surface area contributed by atoms with Crippen molar-refractivity contribution in [3.63, 3.8) is 0 Å². The Morgan fingerprint density at radius 1 is 1.06 bits per heavy atom. The van der Waals surface area contributed by atoms with Crippen molar-refractivity contribution in [2.24, 2.45) is 5.73 Å². The second-order valence-electron chi connectivity index (χ2n) is 8.55. The Kier molecular flexibility index (Phi) is 8.70. The van der Waals surface area contributed by atoms with Gasteiger partial charge in [0.15, 0.2) is 0 Å². The zero-order valence-corrected chi connectivity index (χ0v) is 19.7. The number of hydrogen-bond acceptors (Lipinski definition) is 2. The molecule has 1 saturated heterocycles. The number of nitrogens with two attached hydrogens (primary N) is 1. The standard InChI is InChI=1S/C23H24F7N3O.ClH/c1-13-7-17(24)3-4-19(13)20-11-18(31)5-6-33(20)21(34)32(2)12-14-8-15(22(25,26)27)10-16(9-14)23(28,29)30;/h3-4,7-10,18,20H,5-6,11-12,31H2,1-2H3;1H/t18?,20-;/m1./s1. The highest BCUT2D eigenvalue weighted by Gasteiger charge is 2.38. The minimum Gasteiger partial charge on any atom is -0.328 e. The largest absolute Gasteiger partial charge is 0.416 e. The Hall–Kier alpha value is -2.53. The Bertz CT molecular complexity index is 1030. The van der Waals surface area contributed by atoms with E-state index in [0.717, 1.165) is 4.90 Å². The van der Waals surface area contributed by atoms with Crippen LogP contribution in [0.25, 0.3) is 0 Å². The smallest absolute Gasteiger partial charge is 0.328 e. The van der Waals surface area contributed by atoms with Crippen LogP contribution in [0, 0.1) is 12.7 Å². The monoisotopic (exact) mass is 527 g/mol. The van der Waals surface area contributed by atoms with Gasteiger partial charge in [-0.05, 0) is 66.8 Å². The number of hydrogen-bond donors (Lipinski definition) is 1. The molecule has 2 aromatic carbocycles. The van der Waals surface area contributed by atoms with E-state index in [4.69, 9.17) is 5.73 Å². The fourth-order valence-corrected chi connectivity index (χ4v) is 4.20. The van der Waals surface area contributed by atoms with Crippen LogP contribution in [0.2, 0.25) is 0 Å².